The standard InChI is InChI=1S/C11H7N5O/c12-5-7-4-9(14-6-7)11-15-10(16-17-11)8-2-1-3-13-8/h1-4,6,13-14H. The minimum atomic E-state index is 0.358. The lowest BCUT2D eigenvalue weighted by Crippen LogP contribution is -1.80. The lowest BCUT2D eigenvalue weighted by atomic mass is 10.3. The summed E-state index contributed by atoms with van der Waals surface area (Å²) in [6.07, 6.45) is 3.38. The molecule has 3 aromatic rings. The monoisotopic (exact) mass is 225 g/mol. The summed E-state index contributed by atoms with van der Waals surface area (Å²) in [6, 6.07) is 7.39. The van der Waals surface area contributed by atoms with E-state index in [2.05, 4.69) is 20.1 Å². The maximum atomic E-state index is 8.71. The molecule has 0 aliphatic heterocycles. The molecular weight excluding hydrogens is 218 g/mol. The molecular formula is C11H7N5O. The number of rotatable bonds is 2. The van der Waals surface area contributed by atoms with Crippen LogP contribution in [0.4, 0.5) is 0 Å². The lowest BCUT2D eigenvalue weighted by Gasteiger charge is -1.85. The lowest BCUT2D eigenvalue weighted by molar-refractivity contribution is 0.431. The summed E-state index contributed by atoms with van der Waals surface area (Å²) in [7, 11) is 0. The Hall–Kier alpha value is -2.81. The van der Waals surface area contributed by atoms with Crippen LogP contribution in [0.5, 0.6) is 0 Å². The molecule has 0 aliphatic rings. The second kappa shape index (κ2) is 3.64. The molecule has 6 nitrogen and oxygen atoms in total. The summed E-state index contributed by atoms with van der Waals surface area (Å²) >= 11 is 0. The molecule has 0 radical (unpaired) electrons. The van der Waals surface area contributed by atoms with Gasteiger partial charge in [0.2, 0.25) is 5.82 Å². The van der Waals surface area contributed by atoms with Crippen molar-refractivity contribution in [3.8, 4) is 29.2 Å². The van der Waals surface area contributed by atoms with Gasteiger partial charge < -0.3 is 14.5 Å². The predicted octanol–water partition coefficient (Wildman–Crippen LogP) is 1.93. The quantitative estimate of drug-likeness (QED) is 0.696. The van der Waals surface area contributed by atoms with Crippen molar-refractivity contribution in [2.75, 3.05) is 0 Å². The van der Waals surface area contributed by atoms with Gasteiger partial charge in [0.15, 0.2) is 0 Å². The molecule has 3 aromatic heterocycles. The van der Waals surface area contributed by atoms with E-state index in [9.17, 15) is 0 Å². The molecule has 82 valence electrons. The highest BCUT2D eigenvalue weighted by Gasteiger charge is 2.12. The van der Waals surface area contributed by atoms with Crippen molar-refractivity contribution in [3.05, 3.63) is 36.2 Å². The van der Waals surface area contributed by atoms with Crippen molar-refractivity contribution in [3.63, 3.8) is 0 Å². The van der Waals surface area contributed by atoms with Crippen LogP contribution in [0.15, 0.2) is 35.1 Å². The summed E-state index contributed by atoms with van der Waals surface area (Å²) < 4.78 is 5.11. The first-order valence-electron chi connectivity index (χ1n) is 4.93. The number of H-pyrrole nitrogens is 2. The third-order valence-electron chi connectivity index (χ3n) is 2.31. The normalized spacial score (nSPS) is 10.3. The first-order chi connectivity index (χ1) is 8.36. The third kappa shape index (κ3) is 1.59. The molecule has 0 amide bonds. The van der Waals surface area contributed by atoms with Gasteiger partial charge in [-0.25, -0.2) is 0 Å². The molecule has 0 aromatic carbocycles. The smallest absolute Gasteiger partial charge is 0.274 e. The Bertz CT molecular complexity index is 671. The molecule has 3 heterocycles. The average molecular weight is 225 g/mol. The van der Waals surface area contributed by atoms with E-state index >= 15 is 0 Å². The Morgan fingerprint density at radius 1 is 1.29 bits per heavy atom. The van der Waals surface area contributed by atoms with Crippen LogP contribution < -0.4 is 0 Å². The number of hydrogen-bond donors (Lipinski definition) is 2. The van der Waals surface area contributed by atoms with Crippen LogP contribution in [0.25, 0.3) is 23.1 Å². The highest BCUT2D eigenvalue weighted by molar-refractivity contribution is 5.56. The topological polar surface area (TPSA) is 94.3 Å². The molecule has 0 unspecified atom stereocenters. The van der Waals surface area contributed by atoms with Gasteiger partial charge in [0, 0.05) is 12.4 Å². The van der Waals surface area contributed by atoms with Crippen LogP contribution in [-0.2, 0) is 0 Å². The zero-order valence-electron chi connectivity index (χ0n) is 8.64. The molecule has 0 spiro atoms. The van der Waals surface area contributed by atoms with E-state index in [0.717, 1.165) is 5.69 Å². The van der Waals surface area contributed by atoms with Crippen molar-refractivity contribution < 1.29 is 4.52 Å². The van der Waals surface area contributed by atoms with Crippen molar-refractivity contribution in [1.29, 1.82) is 5.26 Å². The van der Waals surface area contributed by atoms with Gasteiger partial charge in [-0.15, -0.1) is 0 Å². The summed E-state index contributed by atoms with van der Waals surface area (Å²) in [5.74, 6) is 0.842. The highest BCUT2D eigenvalue weighted by Crippen LogP contribution is 2.20. The molecule has 3 rings (SSSR count). The number of nitriles is 1. The van der Waals surface area contributed by atoms with Gasteiger partial charge in [-0.1, -0.05) is 5.16 Å². The Balaban J connectivity index is 1.98. The fraction of sp³-hybridized carbons (Fsp3) is 0. The number of hydrogen-bond acceptors (Lipinski definition) is 4. The Morgan fingerprint density at radius 2 is 2.24 bits per heavy atom. The maximum Gasteiger partial charge on any atom is 0.274 e. The van der Waals surface area contributed by atoms with E-state index in [1.807, 2.05) is 18.2 Å². The van der Waals surface area contributed by atoms with Gasteiger partial charge in [0.1, 0.15) is 11.8 Å². The van der Waals surface area contributed by atoms with E-state index < -0.39 is 0 Å². The van der Waals surface area contributed by atoms with Crippen LogP contribution in [0.1, 0.15) is 5.56 Å². The SMILES string of the molecule is N#Cc1c[nH]c(-c2nc(-c3ccc[nH]3)no2)c1. The van der Waals surface area contributed by atoms with Crippen molar-refractivity contribution in [1.82, 2.24) is 20.1 Å². The second-order valence-corrected chi connectivity index (χ2v) is 3.42. The fourth-order valence-corrected chi connectivity index (χ4v) is 1.49. The Labute approximate surface area is 95.9 Å². The Morgan fingerprint density at radius 3 is 2.94 bits per heavy atom. The van der Waals surface area contributed by atoms with Crippen LogP contribution in [0, 0.1) is 11.3 Å². The average Bonchev–Trinajstić information content (AvgIpc) is 3.09. The van der Waals surface area contributed by atoms with Crippen molar-refractivity contribution in [2.24, 2.45) is 0 Å². The molecule has 0 bridgehead atoms. The number of nitrogens with one attached hydrogen (secondary N) is 2. The predicted molar refractivity (Wildman–Crippen MR) is 58.6 cm³/mol. The van der Waals surface area contributed by atoms with Crippen LogP contribution >= 0.6 is 0 Å². The van der Waals surface area contributed by atoms with E-state index in [-0.39, 0.29) is 0 Å². The minimum absolute atomic E-state index is 0.358. The fourth-order valence-electron chi connectivity index (χ4n) is 1.49. The molecule has 0 aliphatic carbocycles. The first kappa shape index (κ1) is 9.42. The first-order valence-corrected chi connectivity index (χ1v) is 4.93. The van der Waals surface area contributed by atoms with E-state index in [4.69, 9.17) is 9.78 Å². The van der Waals surface area contributed by atoms with Crippen LogP contribution in [0.2, 0.25) is 0 Å². The van der Waals surface area contributed by atoms with Crippen molar-refractivity contribution in [2.45, 2.75) is 0 Å². The number of aromatic amines is 2. The van der Waals surface area contributed by atoms with E-state index in [1.165, 1.54) is 0 Å². The molecule has 0 saturated heterocycles. The molecule has 17 heavy (non-hydrogen) atoms. The van der Waals surface area contributed by atoms with Gasteiger partial charge in [-0.2, -0.15) is 10.2 Å². The molecule has 2 N–H and O–H groups in total. The number of aromatic nitrogens is 4. The molecule has 6 heteroatoms. The van der Waals surface area contributed by atoms with Gasteiger partial charge in [0.05, 0.1) is 11.3 Å². The summed E-state index contributed by atoms with van der Waals surface area (Å²) in [4.78, 5) is 10.1. The third-order valence-corrected chi connectivity index (χ3v) is 2.31. The summed E-state index contributed by atoms with van der Waals surface area (Å²) in [6.45, 7) is 0. The van der Waals surface area contributed by atoms with Crippen LogP contribution in [-0.4, -0.2) is 20.1 Å². The Kier molecular flexibility index (Phi) is 2.02. The highest BCUT2D eigenvalue weighted by atomic mass is 16.5. The zero-order valence-corrected chi connectivity index (χ0v) is 8.64. The summed E-state index contributed by atoms with van der Waals surface area (Å²) in [5, 5.41) is 12.6. The minimum Gasteiger partial charge on any atom is -0.359 e. The largest absolute Gasteiger partial charge is 0.359 e. The van der Waals surface area contributed by atoms with Gasteiger partial charge >= 0.3 is 0 Å². The van der Waals surface area contributed by atoms with E-state index in [1.54, 1.807) is 18.5 Å². The molecule has 0 atom stereocenters. The molecule has 0 fully saturated rings. The van der Waals surface area contributed by atoms with Crippen LogP contribution in [0.3, 0.4) is 0 Å². The summed E-state index contributed by atoms with van der Waals surface area (Å²) in [5.41, 5.74) is 1.94. The van der Waals surface area contributed by atoms with Gasteiger partial charge in [-0.05, 0) is 18.2 Å². The zero-order chi connectivity index (χ0) is 11.7. The maximum absolute atomic E-state index is 8.71. The van der Waals surface area contributed by atoms with Gasteiger partial charge in [-0.3, -0.25) is 0 Å². The number of nitrogens with zero attached hydrogens (tertiary/aromatic N) is 3. The van der Waals surface area contributed by atoms with Gasteiger partial charge in [0.25, 0.3) is 5.89 Å². The molecule has 0 saturated carbocycles. The van der Waals surface area contributed by atoms with Crippen molar-refractivity contribution >= 4 is 0 Å². The van der Waals surface area contributed by atoms with E-state index in [0.29, 0.717) is 23.0 Å². The second-order valence-electron chi connectivity index (χ2n) is 3.42.